The average molecular weight is 552 g/mol. The summed E-state index contributed by atoms with van der Waals surface area (Å²) in [6.07, 6.45) is -8.80. The molecule has 3 aromatic rings. The Labute approximate surface area is 207 Å². The number of rotatable bonds is 7. The van der Waals surface area contributed by atoms with Gasteiger partial charge in [0.25, 0.3) is 0 Å². The van der Waals surface area contributed by atoms with Crippen molar-refractivity contribution in [3.05, 3.63) is 87.9 Å². The van der Waals surface area contributed by atoms with Crippen molar-refractivity contribution >= 4 is 22.0 Å². The van der Waals surface area contributed by atoms with E-state index in [0.717, 1.165) is 34.4 Å². The van der Waals surface area contributed by atoms with Crippen LogP contribution in [0.3, 0.4) is 0 Å². The number of benzene rings is 3. The van der Waals surface area contributed by atoms with E-state index in [2.05, 4.69) is 26.0 Å². The molecule has 1 amide bonds. The van der Waals surface area contributed by atoms with E-state index in [1.54, 1.807) is 0 Å². The third-order valence-electron chi connectivity index (χ3n) is 5.63. The highest BCUT2D eigenvalue weighted by atomic mass is 79.9. The standard InChI is InChI=1S/C25H21BrF3NO5/c26-15-9-14(10-16(11-15)35-25(27,28)29)23(32)22(31)12-30-24(33)34-13-21-19-7-3-1-5-17(19)18-6-2-4-8-20(18)21/h1-11,21-23,31-32H,12-13H2,(H,30,33). The normalized spacial score (nSPS) is 14.6. The Morgan fingerprint density at radius 1 is 1.00 bits per heavy atom. The number of nitrogens with one attached hydrogen (secondary N) is 1. The van der Waals surface area contributed by atoms with Crippen molar-refractivity contribution in [2.45, 2.75) is 24.5 Å². The van der Waals surface area contributed by atoms with Crippen LogP contribution in [-0.2, 0) is 4.74 Å². The van der Waals surface area contributed by atoms with Gasteiger partial charge in [0, 0.05) is 16.9 Å². The molecule has 0 radical (unpaired) electrons. The number of carbonyl (C=O) groups excluding carboxylic acids is 1. The van der Waals surface area contributed by atoms with Gasteiger partial charge in [-0.05, 0) is 46.0 Å². The second kappa shape index (κ2) is 10.3. The van der Waals surface area contributed by atoms with Crippen LogP contribution in [0.15, 0.2) is 71.2 Å². The van der Waals surface area contributed by atoms with Gasteiger partial charge in [-0.3, -0.25) is 0 Å². The first-order valence-corrected chi connectivity index (χ1v) is 11.4. The van der Waals surface area contributed by atoms with Crippen molar-refractivity contribution in [3.63, 3.8) is 0 Å². The van der Waals surface area contributed by atoms with Crippen LogP contribution in [0.25, 0.3) is 11.1 Å². The Kier molecular flexibility index (Phi) is 7.34. The Bertz CT molecular complexity index is 1170. The minimum Gasteiger partial charge on any atom is -0.449 e. The predicted molar refractivity (Wildman–Crippen MR) is 125 cm³/mol. The highest BCUT2D eigenvalue weighted by Gasteiger charge is 2.32. The van der Waals surface area contributed by atoms with Crippen LogP contribution in [0.4, 0.5) is 18.0 Å². The molecule has 0 fully saturated rings. The zero-order valence-corrected chi connectivity index (χ0v) is 19.7. The summed E-state index contributed by atoms with van der Waals surface area (Å²) in [4.78, 5) is 12.3. The molecule has 10 heteroatoms. The smallest absolute Gasteiger partial charge is 0.449 e. The summed E-state index contributed by atoms with van der Waals surface area (Å²) in [6.45, 7) is -0.317. The molecule has 1 aliphatic rings. The number of aliphatic hydroxyl groups excluding tert-OH is 2. The van der Waals surface area contributed by atoms with Crippen LogP contribution in [0.1, 0.15) is 28.7 Å². The number of aliphatic hydroxyl groups is 2. The van der Waals surface area contributed by atoms with Crippen LogP contribution in [-0.4, -0.2) is 41.9 Å². The fourth-order valence-electron chi connectivity index (χ4n) is 4.12. The molecule has 3 N–H and O–H groups in total. The van der Waals surface area contributed by atoms with E-state index >= 15 is 0 Å². The van der Waals surface area contributed by atoms with Crippen molar-refractivity contribution in [2.75, 3.05) is 13.2 Å². The summed E-state index contributed by atoms with van der Waals surface area (Å²) in [5.74, 6) is -0.699. The maximum atomic E-state index is 12.5. The third-order valence-corrected chi connectivity index (χ3v) is 6.09. The Balaban J connectivity index is 1.34. The molecule has 1 aliphatic carbocycles. The number of carbonyl (C=O) groups is 1. The van der Waals surface area contributed by atoms with Gasteiger partial charge in [0.1, 0.15) is 24.6 Å². The topological polar surface area (TPSA) is 88.0 Å². The van der Waals surface area contributed by atoms with Gasteiger partial charge in [0.2, 0.25) is 0 Å². The number of amides is 1. The second-order valence-electron chi connectivity index (χ2n) is 7.99. The Morgan fingerprint density at radius 3 is 2.20 bits per heavy atom. The molecule has 4 rings (SSSR count). The minimum atomic E-state index is -4.91. The summed E-state index contributed by atoms with van der Waals surface area (Å²) < 4.78 is 47.0. The van der Waals surface area contributed by atoms with Crippen LogP contribution in [0.2, 0.25) is 0 Å². The van der Waals surface area contributed by atoms with E-state index in [9.17, 15) is 28.2 Å². The van der Waals surface area contributed by atoms with Crippen LogP contribution in [0, 0.1) is 0 Å². The zero-order valence-electron chi connectivity index (χ0n) is 18.1. The van der Waals surface area contributed by atoms with E-state index in [1.165, 1.54) is 6.07 Å². The lowest BCUT2D eigenvalue weighted by Gasteiger charge is -2.20. The highest BCUT2D eigenvalue weighted by Crippen LogP contribution is 2.44. The molecular formula is C25H21BrF3NO5. The van der Waals surface area contributed by atoms with Gasteiger partial charge < -0.3 is 25.0 Å². The van der Waals surface area contributed by atoms with Crippen molar-refractivity contribution in [1.29, 1.82) is 0 Å². The zero-order chi connectivity index (χ0) is 25.2. The molecule has 0 saturated carbocycles. The van der Waals surface area contributed by atoms with E-state index in [1.807, 2.05) is 48.5 Å². The number of alkyl halides is 3. The summed E-state index contributed by atoms with van der Waals surface area (Å²) in [5.41, 5.74) is 4.23. The number of ether oxygens (including phenoxy) is 2. The van der Waals surface area contributed by atoms with Gasteiger partial charge in [0.15, 0.2) is 0 Å². The molecule has 6 nitrogen and oxygen atoms in total. The molecule has 35 heavy (non-hydrogen) atoms. The number of alkyl carbamates (subject to hydrolysis) is 1. The number of hydrogen-bond acceptors (Lipinski definition) is 5. The number of fused-ring (bicyclic) bond motifs is 3. The van der Waals surface area contributed by atoms with E-state index in [4.69, 9.17) is 4.74 Å². The Morgan fingerprint density at radius 2 is 1.60 bits per heavy atom. The minimum absolute atomic E-state index is 0.0274. The van der Waals surface area contributed by atoms with Gasteiger partial charge in [-0.1, -0.05) is 64.5 Å². The van der Waals surface area contributed by atoms with Gasteiger partial charge in [0.05, 0.1) is 0 Å². The second-order valence-corrected chi connectivity index (χ2v) is 8.90. The molecule has 3 aromatic carbocycles. The molecule has 0 saturated heterocycles. The molecule has 184 valence electrons. The fourth-order valence-corrected chi connectivity index (χ4v) is 4.61. The molecule has 2 atom stereocenters. The summed E-state index contributed by atoms with van der Waals surface area (Å²) in [5, 5.41) is 23.0. The quantitative estimate of drug-likeness (QED) is 0.372. The van der Waals surface area contributed by atoms with Crippen molar-refractivity contribution in [3.8, 4) is 16.9 Å². The largest absolute Gasteiger partial charge is 0.573 e. The van der Waals surface area contributed by atoms with Gasteiger partial charge in [-0.15, -0.1) is 13.2 Å². The number of halogens is 4. The molecule has 0 spiro atoms. The number of hydrogen-bond donors (Lipinski definition) is 3. The van der Waals surface area contributed by atoms with Gasteiger partial charge in [-0.2, -0.15) is 0 Å². The molecular weight excluding hydrogens is 531 g/mol. The molecule has 0 aliphatic heterocycles. The first-order valence-electron chi connectivity index (χ1n) is 10.6. The summed E-state index contributed by atoms with van der Waals surface area (Å²) >= 11 is 3.05. The summed E-state index contributed by atoms with van der Waals surface area (Å²) in [6, 6.07) is 19.1. The first kappa shape index (κ1) is 25.0. The van der Waals surface area contributed by atoms with Gasteiger partial charge >= 0.3 is 12.5 Å². The predicted octanol–water partition coefficient (Wildman–Crippen LogP) is 5.28. The maximum Gasteiger partial charge on any atom is 0.573 e. The first-order chi connectivity index (χ1) is 16.6. The van der Waals surface area contributed by atoms with Crippen molar-refractivity contribution in [1.82, 2.24) is 5.32 Å². The SMILES string of the molecule is O=C(NCC(O)C(O)c1cc(Br)cc(OC(F)(F)F)c1)OCC1c2ccccc2-c2ccccc21. The van der Waals surface area contributed by atoms with Crippen LogP contribution < -0.4 is 10.1 Å². The lowest BCUT2D eigenvalue weighted by atomic mass is 9.98. The average Bonchev–Trinajstić information content (AvgIpc) is 3.13. The maximum absolute atomic E-state index is 12.5. The highest BCUT2D eigenvalue weighted by molar-refractivity contribution is 9.10. The lowest BCUT2D eigenvalue weighted by Crippen LogP contribution is -2.36. The van der Waals surface area contributed by atoms with E-state index < -0.39 is 30.4 Å². The van der Waals surface area contributed by atoms with Crippen molar-refractivity contribution in [2.24, 2.45) is 0 Å². The van der Waals surface area contributed by atoms with E-state index in [-0.39, 0.29) is 29.1 Å². The molecule has 0 bridgehead atoms. The third kappa shape index (κ3) is 5.95. The molecule has 0 heterocycles. The lowest BCUT2D eigenvalue weighted by molar-refractivity contribution is -0.274. The van der Waals surface area contributed by atoms with Crippen LogP contribution in [0.5, 0.6) is 5.75 Å². The Hall–Kier alpha value is -3.08. The molecule has 2 unspecified atom stereocenters. The van der Waals surface area contributed by atoms with Crippen molar-refractivity contribution < 1.29 is 37.7 Å². The fraction of sp³-hybridized carbons (Fsp3) is 0.240. The van der Waals surface area contributed by atoms with Crippen LogP contribution >= 0.6 is 15.9 Å². The van der Waals surface area contributed by atoms with Gasteiger partial charge in [-0.25, -0.2) is 4.79 Å². The summed E-state index contributed by atoms with van der Waals surface area (Å²) in [7, 11) is 0. The monoisotopic (exact) mass is 551 g/mol. The van der Waals surface area contributed by atoms with E-state index in [0.29, 0.717) is 0 Å². The molecule has 0 aromatic heterocycles.